The van der Waals surface area contributed by atoms with Crippen molar-refractivity contribution in [3.63, 3.8) is 0 Å². The molecule has 1 aromatic carbocycles. The number of likely N-dealkylation sites (N-methyl/N-ethyl adjacent to an activating group) is 1. The highest BCUT2D eigenvalue weighted by Gasteiger charge is 2.18. The maximum atomic E-state index is 11.7. The van der Waals surface area contributed by atoms with Crippen LogP contribution in [0.1, 0.15) is 44.6 Å². The first kappa shape index (κ1) is 22.1. The van der Waals surface area contributed by atoms with E-state index >= 15 is 0 Å². The van der Waals surface area contributed by atoms with Gasteiger partial charge in [-0.25, -0.2) is 0 Å². The van der Waals surface area contributed by atoms with Crippen molar-refractivity contribution in [1.29, 1.82) is 0 Å². The van der Waals surface area contributed by atoms with Crippen molar-refractivity contribution in [3.05, 3.63) is 29.8 Å². The average molecular weight is 389 g/mol. The van der Waals surface area contributed by atoms with Gasteiger partial charge in [0.05, 0.1) is 0 Å². The summed E-state index contributed by atoms with van der Waals surface area (Å²) in [6.45, 7) is 4.02. The molecule has 0 saturated heterocycles. The zero-order chi connectivity index (χ0) is 20.4. The predicted octanol–water partition coefficient (Wildman–Crippen LogP) is 3.04. The van der Waals surface area contributed by atoms with Crippen LogP contribution in [0.2, 0.25) is 0 Å². The van der Waals surface area contributed by atoms with Crippen LogP contribution in [0.25, 0.3) is 0 Å². The maximum Gasteiger partial charge on any atom is 0.259 e. The van der Waals surface area contributed by atoms with E-state index < -0.39 is 0 Å². The molecule has 0 spiro atoms. The third-order valence-electron chi connectivity index (χ3n) is 5.33. The van der Waals surface area contributed by atoms with Crippen LogP contribution in [0.3, 0.4) is 0 Å². The first-order valence-electron chi connectivity index (χ1n) is 10.3. The van der Waals surface area contributed by atoms with Crippen molar-refractivity contribution < 1.29 is 9.53 Å². The minimum Gasteiger partial charge on any atom is -0.484 e. The van der Waals surface area contributed by atoms with Gasteiger partial charge < -0.3 is 20.3 Å². The molecule has 1 aliphatic rings. The van der Waals surface area contributed by atoms with E-state index in [0.29, 0.717) is 12.3 Å². The number of guanidine groups is 1. The van der Waals surface area contributed by atoms with Gasteiger partial charge in [0.15, 0.2) is 12.6 Å². The Kier molecular flexibility index (Phi) is 9.11. The first-order chi connectivity index (χ1) is 13.5. The Bertz CT molecular complexity index is 645. The number of nitrogens with one attached hydrogen (secondary N) is 2. The fourth-order valence-corrected chi connectivity index (χ4v) is 3.64. The van der Waals surface area contributed by atoms with E-state index in [9.17, 15) is 4.79 Å². The van der Waals surface area contributed by atoms with Crippen LogP contribution >= 0.6 is 0 Å². The number of amides is 1. The van der Waals surface area contributed by atoms with Gasteiger partial charge in [-0.1, -0.05) is 38.3 Å². The van der Waals surface area contributed by atoms with E-state index in [1.165, 1.54) is 37.0 Å². The maximum absolute atomic E-state index is 11.7. The number of benzene rings is 1. The fraction of sp³-hybridized carbons (Fsp3) is 0.636. The van der Waals surface area contributed by atoms with Crippen LogP contribution in [-0.4, -0.2) is 51.1 Å². The second-order valence-corrected chi connectivity index (χ2v) is 8.00. The minimum absolute atomic E-state index is 0.0485. The molecule has 2 atom stereocenters. The molecule has 6 heteroatoms. The molecule has 0 aliphatic heterocycles. The Labute approximate surface area is 169 Å². The van der Waals surface area contributed by atoms with E-state index in [0.717, 1.165) is 29.9 Å². The van der Waals surface area contributed by atoms with E-state index in [2.05, 4.69) is 22.5 Å². The quantitative estimate of drug-likeness (QED) is 0.531. The summed E-state index contributed by atoms with van der Waals surface area (Å²) in [5.41, 5.74) is 1.08. The van der Waals surface area contributed by atoms with Crippen molar-refractivity contribution in [2.45, 2.75) is 45.6 Å². The molecule has 0 heterocycles. The molecule has 156 valence electrons. The van der Waals surface area contributed by atoms with Crippen LogP contribution in [-0.2, 0) is 11.3 Å². The normalized spacial score (nSPS) is 19.8. The first-order valence-corrected chi connectivity index (χ1v) is 10.3. The molecular weight excluding hydrogens is 352 g/mol. The second-order valence-electron chi connectivity index (χ2n) is 8.00. The molecule has 28 heavy (non-hydrogen) atoms. The number of rotatable bonds is 8. The Morgan fingerprint density at radius 3 is 2.82 bits per heavy atom. The molecule has 1 amide bonds. The standard InChI is InChI=1S/C22H36N4O2/c1-17-7-5-8-18(13-17)11-12-24-22(23-2)25-15-19-9-6-10-20(14-19)28-16-21(27)26(3)4/h6,9-10,14,17-18H,5,7-8,11-13,15-16H2,1-4H3,(H2,23,24,25). The van der Waals surface area contributed by atoms with Crippen LogP contribution in [0.15, 0.2) is 29.3 Å². The molecule has 0 radical (unpaired) electrons. The van der Waals surface area contributed by atoms with Gasteiger partial charge in [0.1, 0.15) is 5.75 Å². The second kappa shape index (κ2) is 11.6. The highest BCUT2D eigenvalue weighted by Crippen LogP contribution is 2.30. The number of hydrogen-bond donors (Lipinski definition) is 2. The van der Waals surface area contributed by atoms with Crippen LogP contribution < -0.4 is 15.4 Å². The van der Waals surface area contributed by atoms with E-state index in [-0.39, 0.29) is 12.5 Å². The lowest BCUT2D eigenvalue weighted by Crippen LogP contribution is -2.38. The van der Waals surface area contributed by atoms with Crippen molar-refractivity contribution in [1.82, 2.24) is 15.5 Å². The number of aliphatic imine (C=N–C) groups is 1. The molecule has 2 unspecified atom stereocenters. The summed E-state index contributed by atoms with van der Waals surface area (Å²) in [5.74, 6) is 3.18. The zero-order valence-corrected chi connectivity index (χ0v) is 17.8. The monoisotopic (exact) mass is 388 g/mol. The van der Waals surface area contributed by atoms with Crippen molar-refractivity contribution in [2.24, 2.45) is 16.8 Å². The summed E-state index contributed by atoms with van der Waals surface area (Å²) in [7, 11) is 5.24. The summed E-state index contributed by atoms with van der Waals surface area (Å²) in [4.78, 5) is 17.5. The lowest BCUT2D eigenvalue weighted by molar-refractivity contribution is -0.130. The van der Waals surface area contributed by atoms with Crippen LogP contribution in [0.4, 0.5) is 0 Å². The van der Waals surface area contributed by atoms with E-state index in [4.69, 9.17) is 4.74 Å². The number of ether oxygens (including phenoxy) is 1. The van der Waals surface area contributed by atoms with Gasteiger partial charge in [-0.05, 0) is 42.4 Å². The van der Waals surface area contributed by atoms with Gasteiger partial charge in [0, 0.05) is 34.2 Å². The van der Waals surface area contributed by atoms with Crippen LogP contribution in [0, 0.1) is 11.8 Å². The summed E-state index contributed by atoms with van der Waals surface area (Å²) >= 11 is 0. The minimum atomic E-state index is -0.0551. The number of carbonyl (C=O) groups excluding carboxylic acids is 1. The summed E-state index contributed by atoms with van der Waals surface area (Å²) in [6.07, 6.45) is 6.68. The third kappa shape index (κ3) is 7.79. The zero-order valence-electron chi connectivity index (χ0n) is 17.8. The summed E-state index contributed by atoms with van der Waals surface area (Å²) < 4.78 is 5.58. The van der Waals surface area contributed by atoms with E-state index in [1.54, 1.807) is 21.1 Å². The Morgan fingerprint density at radius 2 is 2.11 bits per heavy atom. The molecule has 2 N–H and O–H groups in total. The molecular formula is C22H36N4O2. The van der Waals surface area contributed by atoms with Gasteiger partial charge in [0.25, 0.3) is 5.91 Å². The topological polar surface area (TPSA) is 66.0 Å². The molecule has 6 nitrogen and oxygen atoms in total. The largest absolute Gasteiger partial charge is 0.484 e. The number of carbonyl (C=O) groups is 1. The Hall–Kier alpha value is -2.24. The summed E-state index contributed by atoms with van der Waals surface area (Å²) in [5, 5.41) is 6.78. The Balaban J connectivity index is 1.73. The van der Waals surface area contributed by atoms with E-state index in [1.807, 2.05) is 24.3 Å². The number of hydrogen-bond acceptors (Lipinski definition) is 3. The molecule has 1 saturated carbocycles. The van der Waals surface area contributed by atoms with Gasteiger partial charge in [-0.2, -0.15) is 0 Å². The fourth-order valence-electron chi connectivity index (χ4n) is 3.64. The molecule has 0 aromatic heterocycles. The third-order valence-corrected chi connectivity index (χ3v) is 5.33. The van der Waals surface area contributed by atoms with Crippen molar-refractivity contribution in [3.8, 4) is 5.75 Å². The van der Waals surface area contributed by atoms with Crippen molar-refractivity contribution in [2.75, 3.05) is 34.3 Å². The molecule has 2 rings (SSSR count). The highest BCUT2D eigenvalue weighted by molar-refractivity contribution is 5.79. The van der Waals surface area contributed by atoms with Crippen molar-refractivity contribution >= 4 is 11.9 Å². The average Bonchev–Trinajstić information content (AvgIpc) is 2.69. The smallest absolute Gasteiger partial charge is 0.259 e. The predicted molar refractivity (Wildman–Crippen MR) is 115 cm³/mol. The highest BCUT2D eigenvalue weighted by atomic mass is 16.5. The molecule has 1 fully saturated rings. The SMILES string of the molecule is CN=C(NCCC1CCCC(C)C1)NCc1cccc(OCC(=O)N(C)C)c1. The lowest BCUT2D eigenvalue weighted by atomic mass is 9.81. The van der Waals surface area contributed by atoms with Gasteiger partial charge in [-0.15, -0.1) is 0 Å². The Morgan fingerprint density at radius 1 is 1.29 bits per heavy atom. The van der Waals surface area contributed by atoms with Crippen LogP contribution in [0.5, 0.6) is 5.75 Å². The molecule has 0 bridgehead atoms. The van der Waals surface area contributed by atoms with Gasteiger partial charge in [-0.3, -0.25) is 9.79 Å². The van der Waals surface area contributed by atoms with Gasteiger partial charge >= 0.3 is 0 Å². The lowest BCUT2D eigenvalue weighted by Gasteiger charge is -2.26. The molecule has 1 aliphatic carbocycles. The van der Waals surface area contributed by atoms with Gasteiger partial charge in [0.2, 0.25) is 0 Å². The number of nitrogens with zero attached hydrogens (tertiary/aromatic N) is 2. The molecule has 1 aromatic rings. The summed E-state index contributed by atoms with van der Waals surface area (Å²) in [6, 6.07) is 7.79.